The number of nitrogens with zero attached hydrogens (tertiary/aromatic N) is 1. The quantitative estimate of drug-likeness (QED) is 0.600. The number of nitrogens with one attached hydrogen (secondary N) is 1. The first kappa shape index (κ1) is 20.1. The van der Waals surface area contributed by atoms with Crippen molar-refractivity contribution in [3.8, 4) is 17.0 Å². The molecular formula is C20H15F3N2O4. The molecule has 29 heavy (non-hydrogen) atoms. The summed E-state index contributed by atoms with van der Waals surface area (Å²) in [6.07, 6.45) is -5.03. The maximum Gasteiger partial charge on any atom is 0.471 e. The number of carboxylic acids is 1. The number of carboxylic acid groups (broad SMARTS) is 1. The normalized spacial score (nSPS) is 11.5. The van der Waals surface area contributed by atoms with Crippen LogP contribution in [0.15, 0.2) is 36.4 Å². The molecule has 1 aromatic heterocycles. The lowest BCUT2D eigenvalue weighted by Crippen LogP contribution is -2.29. The molecule has 2 aromatic carbocycles. The second kappa shape index (κ2) is 7.08. The standard InChI is InChI=1S/C20H15F3N2O4/c1-9-3-8-13-14(18(27)28)17(26)16(25-15(13)10(9)2)11-4-6-12(7-5-11)24-19(29)20(21,22)23/h3-8,26H,1-2H3,(H,24,29)(H,27,28). The number of hydrogen-bond acceptors (Lipinski definition) is 4. The van der Waals surface area contributed by atoms with Gasteiger partial charge in [0.25, 0.3) is 0 Å². The molecule has 0 bridgehead atoms. The molecule has 0 aliphatic carbocycles. The van der Waals surface area contributed by atoms with Crippen LogP contribution in [0.2, 0.25) is 0 Å². The summed E-state index contributed by atoms with van der Waals surface area (Å²) in [6.45, 7) is 3.61. The van der Waals surface area contributed by atoms with Crippen molar-refractivity contribution < 1.29 is 33.0 Å². The fourth-order valence-corrected chi connectivity index (χ4v) is 2.89. The van der Waals surface area contributed by atoms with Crippen molar-refractivity contribution >= 4 is 28.5 Å². The second-order valence-corrected chi connectivity index (χ2v) is 6.42. The number of carbonyl (C=O) groups is 2. The van der Waals surface area contributed by atoms with Crippen molar-refractivity contribution in [3.05, 3.63) is 53.1 Å². The molecule has 3 rings (SSSR count). The van der Waals surface area contributed by atoms with E-state index in [1.165, 1.54) is 24.3 Å². The lowest BCUT2D eigenvalue weighted by molar-refractivity contribution is -0.167. The molecule has 0 spiro atoms. The van der Waals surface area contributed by atoms with E-state index in [0.717, 1.165) is 11.1 Å². The summed E-state index contributed by atoms with van der Waals surface area (Å²) in [5, 5.41) is 22.1. The van der Waals surface area contributed by atoms with Gasteiger partial charge in [-0.2, -0.15) is 13.2 Å². The van der Waals surface area contributed by atoms with Gasteiger partial charge in [0.1, 0.15) is 11.3 Å². The van der Waals surface area contributed by atoms with Gasteiger partial charge in [0.05, 0.1) is 5.52 Å². The Kier molecular flexibility index (Phi) is 4.91. The van der Waals surface area contributed by atoms with Gasteiger partial charge in [0.2, 0.25) is 0 Å². The molecule has 6 nitrogen and oxygen atoms in total. The summed E-state index contributed by atoms with van der Waals surface area (Å²) in [4.78, 5) is 27.2. The van der Waals surface area contributed by atoms with Crippen LogP contribution < -0.4 is 5.32 Å². The molecule has 0 aliphatic rings. The molecular weight excluding hydrogens is 389 g/mol. The number of aryl methyl sites for hydroxylation is 2. The molecule has 0 radical (unpaired) electrons. The van der Waals surface area contributed by atoms with Crippen LogP contribution in [0.4, 0.5) is 18.9 Å². The van der Waals surface area contributed by atoms with Gasteiger partial charge in [0, 0.05) is 16.6 Å². The molecule has 150 valence electrons. The zero-order valence-corrected chi connectivity index (χ0v) is 15.3. The monoisotopic (exact) mass is 404 g/mol. The van der Waals surface area contributed by atoms with Crippen LogP contribution in [0.5, 0.6) is 5.75 Å². The van der Waals surface area contributed by atoms with Gasteiger partial charge >= 0.3 is 18.1 Å². The Bertz CT molecular complexity index is 1140. The van der Waals surface area contributed by atoms with Crippen molar-refractivity contribution in [1.29, 1.82) is 0 Å². The maximum atomic E-state index is 12.4. The topological polar surface area (TPSA) is 99.5 Å². The number of amides is 1. The number of rotatable bonds is 3. The number of alkyl halides is 3. The first-order valence-electron chi connectivity index (χ1n) is 8.35. The fraction of sp³-hybridized carbons (Fsp3) is 0.150. The van der Waals surface area contributed by atoms with Crippen LogP contribution in [0.1, 0.15) is 21.5 Å². The van der Waals surface area contributed by atoms with Gasteiger partial charge in [-0.15, -0.1) is 0 Å². The molecule has 0 saturated carbocycles. The van der Waals surface area contributed by atoms with Gasteiger partial charge in [-0.3, -0.25) is 4.79 Å². The molecule has 0 saturated heterocycles. The predicted octanol–water partition coefficient (Wildman–Crippen LogP) is 4.42. The number of carbonyl (C=O) groups excluding carboxylic acids is 1. The fourth-order valence-electron chi connectivity index (χ4n) is 2.89. The van der Waals surface area contributed by atoms with E-state index < -0.39 is 23.8 Å². The minimum Gasteiger partial charge on any atom is -0.505 e. The third kappa shape index (κ3) is 3.71. The molecule has 9 heteroatoms. The highest BCUT2D eigenvalue weighted by atomic mass is 19.4. The number of halogens is 3. The number of benzene rings is 2. The number of anilines is 1. The number of hydrogen-bond donors (Lipinski definition) is 3. The highest BCUT2D eigenvalue weighted by Gasteiger charge is 2.38. The first-order valence-corrected chi connectivity index (χ1v) is 8.35. The lowest BCUT2D eigenvalue weighted by atomic mass is 9.98. The molecule has 3 aromatic rings. The summed E-state index contributed by atoms with van der Waals surface area (Å²) >= 11 is 0. The Morgan fingerprint density at radius 1 is 1.03 bits per heavy atom. The van der Waals surface area contributed by atoms with E-state index in [4.69, 9.17) is 0 Å². The van der Waals surface area contributed by atoms with E-state index in [-0.39, 0.29) is 27.9 Å². The van der Waals surface area contributed by atoms with Crippen LogP contribution in [0.25, 0.3) is 22.2 Å². The SMILES string of the molecule is Cc1ccc2c(C(=O)O)c(O)c(-c3ccc(NC(=O)C(F)(F)F)cc3)nc2c1C. The van der Waals surface area contributed by atoms with Gasteiger partial charge in [-0.1, -0.05) is 24.3 Å². The van der Waals surface area contributed by atoms with E-state index in [2.05, 4.69) is 4.98 Å². The summed E-state index contributed by atoms with van der Waals surface area (Å²) in [5.41, 5.74) is 1.83. The smallest absolute Gasteiger partial charge is 0.471 e. The van der Waals surface area contributed by atoms with Gasteiger partial charge in [0.15, 0.2) is 5.75 Å². The third-order valence-corrected chi connectivity index (χ3v) is 4.54. The zero-order valence-electron chi connectivity index (χ0n) is 15.3. The molecule has 0 fully saturated rings. The molecule has 3 N–H and O–H groups in total. The van der Waals surface area contributed by atoms with E-state index in [1.807, 2.05) is 6.92 Å². The molecule has 1 amide bonds. The molecule has 0 aliphatic heterocycles. The Labute approximate surface area is 162 Å². The third-order valence-electron chi connectivity index (χ3n) is 4.54. The lowest BCUT2D eigenvalue weighted by Gasteiger charge is -2.14. The average Bonchev–Trinajstić information content (AvgIpc) is 2.64. The van der Waals surface area contributed by atoms with E-state index in [1.54, 1.807) is 24.4 Å². The summed E-state index contributed by atoms with van der Waals surface area (Å²) in [6, 6.07) is 8.35. The Hall–Kier alpha value is -3.62. The van der Waals surface area contributed by atoms with Crippen LogP contribution in [-0.4, -0.2) is 33.2 Å². The van der Waals surface area contributed by atoms with Crippen LogP contribution in [-0.2, 0) is 4.79 Å². The summed E-state index contributed by atoms with van der Waals surface area (Å²) in [7, 11) is 0. The largest absolute Gasteiger partial charge is 0.505 e. The number of aromatic nitrogens is 1. The summed E-state index contributed by atoms with van der Waals surface area (Å²) < 4.78 is 37.1. The van der Waals surface area contributed by atoms with Crippen molar-refractivity contribution in [2.75, 3.05) is 5.32 Å². The highest BCUT2D eigenvalue weighted by molar-refractivity contribution is 6.08. The van der Waals surface area contributed by atoms with Gasteiger partial charge in [-0.05, 0) is 37.1 Å². The van der Waals surface area contributed by atoms with Crippen LogP contribution in [0, 0.1) is 13.8 Å². The Balaban J connectivity index is 2.12. The number of fused-ring (bicyclic) bond motifs is 1. The number of aromatic hydroxyl groups is 1. The first-order chi connectivity index (χ1) is 13.5. The highest BCUT2D eigenvalue weighted by Crippen LogP contribution is 2.37. The van der Waals surface area contributed by atoms with Crippen molar-refractivity contribution in [2.24, 2.45) is 0 Å². The van der Waals surface area contributed by atoms with Crippen LogP contribution in [0.3, 0.4) is 0 Å². The van der Waals surface area contributed by atoms with E-state index in [9.17, 15) is 33.0 Å². The van der Waals surface area contributed by atoms with Gasteiger partial charge < -0.3 is 15.5 Å². The minimum atomic E-state index is -5.03. The second-order valence-electron chi connectivity index (χ2n) is 6.42. The average molecular weight is 404 g/mol. The minimum absolute atomic E-state index is 0.0303. The molecule has 1 heterocycles. The van der Waals surface area contributed by atoms with E-state index in [0.29, 0.717) is 5.52 Å². The predicted molar refractivity (Wildman–Crippen MR) is 100.0 cm³/mol. The van der Waals surface area contributed by atoms with Crippen molar-refractivity contribution in [1.82, 2.24) is 4.98 Å². The Morgan fingerprint density at radius 2 is 1.66 bits per heavy atom. The van der Waals surface area contributed by atoms with Crippen LogP contribution >= 0.6 is 0 Å². The molecule has 0 unspecified atom stereocenters. The van der Waals surface area contributed by atoms with Crippen molar-refractivity contribution in [3.63, 3.8) is 0 Å². The number of pyridine rings is 1. The maximum absolute atomic E-state index is 12.4. The Morgan fingerprint density at radius 3 is 2.21 bits per heavy atom. The van der Waals surface area contributed by atoms with Crippen molar-refractivity contribution in [2.45, 2.75) is 20.0 Å². The number of aromatic carboxylic acids is 1. The van der Waals surface area contributed by atoms with Gasteiger partial charge in [-0.25, -0.2) is 9.78 Å². The zero-order chi connectivity index (χ0) is 21.5. The molecule has 0 atom stereocenters. The van der Waals surface area contributed by atoms with E-state index >= 15 is 0 Å². The summed E-state index contributed by atoms with van der Waals surface area (Å²) in [5.74, 6) is -4.01.